The van der Waals surface area contributed by atoms with E-state index in [0.717, 1.165) is 25.3 Å². The first kappa shape index (κ1) is 9.49. The molecule has 3 heteroatoms. The highest BCUT2D eigenvalue weighted by molar-refractivity contribution is 5.40. The summed E-state index contributed by atoms with van der Waals surface area (Å²) in [5, 5.41) is 8.74. The average Bonchev–Trinajstić information content (AvgIpc) is 2.13. The Balaban J connectivity index is 1.90. The van der Waals surface area contributed by atoms with Crippen molar-refractivity contribution in [2.24, 2.45) is 0 Å². The van der Waals surface area contributed by atoms with Crippen molar-refractivity contribution in [3.05, 3.63) is 29.8 Å². The smallest absolute Gasteiger partial charge is 0.0558 e. The average molecular weight is 192 g/mol. The van der Waals surface area contributed by atoms with E-state index >= 15 is 0 Å². The molecule has 14 heavy (non-hydrogen) atoms. The minimum atomic E-state index is 0.258. The molecule has 1 fully saturated rings. The van der Waals surface area contributed by atoms with Crippen molar-refractivity contribution in [1.82, 2.24) is 4.90 Å². The minimum absolute atomic E-state index is 0.258. The summed E-state index contributed by atoms with van der Waals surface area (Å²) in [5.41, 5.74) is 7.79. The van der Waals surface area contributed by atoms with Gasteiger partial charge < -0.3 is 10.8 Å². The number of nitrogens with zero attached hydrogens (tertiary/aromatic N) is 1. The Morgan fingerprint density at radius 3 is 2.50 bits per heavy atom. The molecule has 1 aromatic carbocycles. The standard InChI is InChI=1S/C11H16N2O/c12-11-3-1-9(2-4-11)10-7-13(8-10)5-6-14/h1-4,10,14H,5-8,12H2. The third kappa shape index (κ3) is 1.89. The summed E-state index contributed by atoms with van der Waals surface area (Å²) >= 11 is 0. The molecule has 0 atom stereocenters. The van der Waals surface area contributed by atoms with Crippen LogP contribution < -0.4 is 5.73 Å². The quantitative estimate of drug-likeness (QED) is 0.692. The van der Waals surface area contributed by atoms with E-state index in [-0.39, 0.29) is 6.61 Å². The van der Waals surface area contributed by atoms with Crippen molar-refractivity contribution in [2.75, 3.05) is 32.0 Å². The van der Waals surface area contributed by atoms with Gasteiger partial charge in [0.15, 0.2) is 0 Å². The van der Waals surface area contributed by atoms with Crippen LogP contribution in [0.15, 0.2) is 24.3 Å². The van der Waals surface area contributed by atoms with Gasteiger partial charge >= 0.3 is 0 Å². The van der Waals surface area contributed by atoms with E-state index in [1.807, 2.05) is 12.1 Å². The molecule has 0 spiro atoms. The molecule has 0 aliphatic carbocycles. The normalized spacial score (nSPS) is 18.1. The number of likely N-dealkylation sites (tertiary alicyclic amines) is 1. The zero-order valence-electron chi connectivity index (χ0n) is 8.19. The van der Waals surface area contributed by atoms with Crippen molar-refractivity contribution < 1.29 is 5.11 Å². The van der Waals surface area contributed by atoms with Gasteiger partial charge in [-0.3, -0.25) is 4.90 Å². The molecule has 3 N–H and O–H groups in total. The Hall–Kier alpha value is -1.06. The van der Waals surface area contributed by atoms with Gasteiger partial charge in [-0.25, -0.2) is 0 Å². The van der Waals surface area contributed by atoms with E-state index < -0.39 is 0 Å². The molecule has 1 aliphatic heterocycles. The summed E-state index contributed by atoms with van der Waals surface area (Å²) in [6, 6.07) is 8.08. The Labute approximate surface area is 84.1 Å². The second-order valence-corrected chi connectivity index (χ2v) is 3.85. The number of nitrogen functional groups attached to an aromatic ring is 1. The van der Waals surface area contributed by atoms with Crippen LogP contribution in [-0.4, -0.2) is 36.2 Å². The molecule has 2 rings (SSSR count). The lowest BCUT2D eigenvalue weighted by Crippen LogP contribution is -2.46. The monoisotopic (exact) mass is 192 g/mol. The number of anilines is 1. The molecular weight excluding hydrogens is 176 g/mol. The van der Waals surface area contributed by atoms with Crippen molar-refractivity contribution in [1.29, 1.82) is 0 Å². The van der Waals surface area contributed by atoms with E-state index in [0.29, 0.717) is 5.92 Å². The summed E-state index contributed by atoms with van der Waals surface area (Å²) in [6.07, 6.45) is 0. The van der Waals surface area contributed by atoms with E-state index in [9.17, 15) is 0 Å². The van der Waals surface area contributed by atoms with E-state index in [1.54, 1.807) is 0 Å². The fourth-order valence-electron chi connectivity index (χ4n) is 1.87. The zero-order valence-corrected chi connectivity index (χ0v) is 8.19. The Kier molecular flexibility index (Phi) is 2.70. The molecule has 0 bridgehead atoms. The van der Waals surface area contributed by atoms with Gasteiger partial charge in [-0.05, 0) is 17.7 Å². The van der Waals surface area contributed by atoms with Crippen molar-refractivity contribution >= 4 is 5.69 Å². The number of hydrogen-bond donors (Lipinski definition) is 2. The van der Waals surface area contributed by atoms with E-state index in [4.69, 9.17) is 10.8 Å². The second kappa shape index (κ2) is 3.98. The van der Waals surface area contributed by atoms with Crippen LogP contribution in [0, 0.1) is 0 Å². The number of β-amino-alcohol motifs (C(OH)–C–C–N with tert-alkyl or cyclic N) is 1. The molecule has 0 amide bonds. The van der Waals surface area contributed by atoms with Crippen LogP contribution in [0.3, 0.4) is 0 Å². The van der Waals surface area contributed by atoms with Gasteiger partial charge in [0.05, 0.1) is 6.61 Å². The summed E-state index contributed by atoms with van der Waals surface area (Å²) in [5.74, 6) is 0.627. The molecule has 0 radical (unpaired) electrons. The molecule has 1 aromatic rings. The van der Waals surface area contributed by atoms with Crippen LogP contribution in [0.4, 0.5) is 5.69 Å². The van der Waals surface area contributed by atoms with Gasteiger partial charge in [-0.15, -0.1) is 0 Å². The number of aliphatic hydroxyl groups is 1. The lowest BCUT2D eigenvalue weighted by atomic mass is 9.91. The zero-order chi connectivity index (χ0) is 9.97. The number of rotatable bonds is 3. The Morgan fingerprint density at radius 2 is 1.93 bits per heavy atom. The molecule has 0 saturated carbocycles. The van der Waals surface area contributed by atoms with Crippen LogP contribution in [0.25, 0.3) is 0 Å². The van der Waals surface area contributed by atoms with Gasteiger partial charge in [0, 0.05) is 31.2 Å². The van der Waals surface area contributed by atoms with Crippen molar-refractivity contribution in [2.45, 2.75) is 5.92 Å². The predicted octanol–water partition coefficient (Wildman–Crippen LogP) is 0.660. The predicted molar refractivity (Wildman–Crippen MR) is 57.1 cm³/mol. The number of nitrogens with two attached hydrogens (primary N) is 1. The highest BCUT2D eigenvalue weighted by atomic mass is 16.3. The highest BCUT2D eigenvalue weighted by Crippen LogP contribution is 2.26. The van der Waals surface area contributed by atoms with Gasteiger partial charge in [-0.2, -0.15) is 0 Å². The largest absolute Gasteiger partial charge is 0.399 e. The molecule has 3 nitrogen and oxygen atoms in total. The second-order valence-electron chi connectivity index (χ2n) is 3.85. The SMILES string of the molecule is Nc1ccc(C2CN(CCO)C2)cc1. The third-order valence-electron chi connectivity index (χ3n) is 2.78. The maximum atomic E-state index is 8.74. The summed E-state index contributed by atoms with van der Waals surface area (Å²) in [4.78, 5) is 2.25. The first-order chi connectivity index (χ1) is 6.79. The van der Waals surface area contributed by atoms with Crippen LogP contribution >= 0.6 is 0 Å². The molecule has 1 saturated heterocycles. The van der Waals surface area contributed by atoms with Crippen molar-refractivity contribution in [3.8, 4) is 0 Å². The summed E-state index contributed by atoms with van der Waals surface area (Å²) < 4.78 is 0. The Morgan fingerprint density at radius 1 is 1.29 bits per heavy atom. The summed E-state index contributed by atoms with van der Waals surface area (Å²) in [6.45, 7) is 3.18. The number of hydrogen-bond acceptors (Lipinski definition) is 3. The highest BCUT2D eigenvalue weighted by Gasteiger charge is 2.26. The molecule has 0 aromatic heterocycles. The molecule has 76 valence electrons. The van der Waals surface area contributed by atoms with E-state index in [1.165, 1.54) is 5.56 Å². The lowest BCUT2D eigenvalue weighted by Gasteiger charge is -2.39. The van der Waals surface area contributed by atoms with E-state index in [2.05, 4.69) is 17.0 Å². The fourth-order valence-corrected chi connectivity index (χ4v) is 1.87. The third-order valence-corrected chi connectivity index (χ3v) is 2.78. The van der Waals surface area contributed by atoms with Gasteiger partial charge in [-0.1, -0.05) is 12.1 Å². The van der Waals surface area contributed by atoms with Crippen LogP contribution in [0.1, 0.15) is 11.5 Å². The van der Waals surface area contributed by atoms with Crippen LogP contribution in [0.2, 0.25) is 0 Å². The number of benzene rings is 1. The fraction of sp³-hybridized carbons (Fsp3) is 0.455. The first-order valence-corrected chi connectivity index (χ1v) is 4.98. The summed E-state index contributed by atoms with van der Waals surface area (Å²) in [7, 11) is 0. The molecule has 1 aliphatic rings. The minimum Gasteiger partial charge on any atom is -0.399 e. The van der Waals surface area contributed by atoms with Gasteiger partial charge in [0.1, 0.15) is 0 Å². The maximum absolute atomic E-state index is 8.74. The first-order valence-electron chi connectivity index (χ1n) is 4.98. The van der Waals surface area contributed by atoms with Crippen molar-refractivity contribution in [3.63, 3.8) is 0 Å². The van der Waals surface area contributed by atoms with Gasteiger partial charge in [0.2, 0.25) is 0 Å². The van der Waals surface area contributed by atoms with Crippen LogP contribution in [0.5, 0.6) is 0 Å². The molecular formula is C11H16N2O. The topological polar surface area (TPSA) is 49.5 Å². The van der Waals surface area contributed by atoms with Crippen LogP contribution in [-0.2, 0) is 0 Å². The molecule has 0 unspecified atom stereocenters. The Bertz CT molecular complexity index is 291. The van der Waals surface area contributed by atoms with Gasteiger partial charge in [0.25, 0.3) is 0 Å². The molecule has 1 heterocycles. The maximum Gasteiger partial charge on any atom is 0.0558 e. The lowest BCUT2D eigenvalue weighted by molar-refractivity contribution is 0.115. The number of aliphatic hydroxyl groups excluding tert-OH is 1.